The standard InChI is InChI=1S/C17H16BrClO3/c1-2-3-10-21-16-9-4-12(11-15(16)18)17(20)22-14-7-5-13(19)6-8-14/h4-9,11H,2-3,10H2,1H3. The van der Waals surface area contributed by atoms with Crippen LogP contribution in [0.15, 0.2) is 46.9 Å². The number of carbonyl (C=O) groups is 1. The lowest BCUT2D eigenvalue weighted by atomic mass is 10.2. The maximum absolute atomic E-state index is 12.1. The Bertz CT molecular complexity index is 641. The van der Waals surface area contributed by atoms with E-state index in [4.69, 9.17) is 21.1 Å². The smallest absolute Gasteiger partial charge is 0.343 e. The molecule has 2 aromatic rings. The van der Waals surface area contributed by atoms with Gasteiger partial charge in [-0.2, -0.15) is 0 Å². The molecule has 0 heterocycles. The highest BCUT2D eigenvalue weighted by Gasteiger charge is 2.11. The fraction of sp³-hybridized carbons (Fsp3) is 0.235. The predicted molar refractivity (Wildman–Crippen MR) is 91.0 cm³/mol. The van der Waals surface area contributed by atoms with Gasteiger partial charge >= 0.3 is 5.97 Å². The molecule has 0 N–H and O–H groups in total. The molecule has 0 unspecified atom stereocenters. The second-order valence-corrected chi connectivity index (χ2v) is 5.98. The summed E-state index contributed by atoms with van der Waals surface area (Å²) in [5.41, 5.74) is 0.449. The van der Waals surface area contributed by atoms with E-state index in [9.17, 15) is 4.79 Å². The van der Waals surface area contributed by atoms with Crippen molar-refractivity contribution in [2.24, 2.45) is 0 Å². The van der Waals surface area contributed by atoms with E-state index in [2.05, 4.69) is 22.9 Å². The molecule has 2 rings (SSSR count). The predicted octanol–water partition coefficient (Wildman–Crippen LogP) is 5.50. The molecule has 22 heavy (non-hydrogen) atoms. The Hall–Kier alpha value is -1.52. The Balaban J connectivity index is 2.03. The highest BCUT2D eigenvalue weighted by atomic mass is 79.9. The van der Waals surface area contributed by atoms with Gasteiger partial charge in [-0.1, -0.05) is 24.9 Å². The topological polar surface area (TPSA) is 35.5 Å². The third kappa shape index (κ3) is 4.75. The van der Waals surface area contributed by atoms with E-state index in [0.717, 1.165) is 23.1 Å². The number of hydrogen-bond donors (Lipinski definition) is 0. The van der Waals surface area contributed by atoms with Gasteiger partial charge in [0.15, 0.2) is 0 Å². The summed E-state index contributed by atoms with van der Waals surface area (Å²) < 4.78 is 11.7. The van der Waals surface area contributed by atoms with Crippen molar-refractivity contribution in [1.82, 2.24) is 0 Å². The second kappa shape index (κ2) is 8.20. The lowest BCUT2D eigenvalue weighted by molar-refractivity contribution is 0.0734. The van der Waals surface area contributed by atoms with Gasteiger partial charge in [0.2, 0.25) is 0 Å². The van der Waals surface area contributed by atoms with Gasteiger partial charge in [-0.15, -0.1) is 0 Å². The molecule has 0 spiro atoms. The van der Waals surface area contributed by atoms with Gasteiger partial charge in [0, 0.05) is 5.02 Å². The molecule has 0 fully saturated rings. The van der Waals surface area contributed by atoms with Gasteiger partial charge < -0.3 is 9.47 Å². The van der Waals surface area contributed by atoms with Crippen LogP contribution in [0.1, 0.15) is 30.1 Å². The summed E-state index contributed by atoms with van der Waals surface area (Å²) in [6, 6.07) is 11.8. The molecule has 0 aliphatic heterocycles. The molecule has 0 aliphatic carbocycles. The maximum Gasteiger partial charge on any atom is 0.343 e. The summed E-state index contributed by atoms with van der Waals surface area (Å²) >= 11 is 9.21. The van der Waals surface area contributed by atoms with Gasteiger partial charge in [0.25, 0.3) is 0 Å². The molecule has 0 amide bonds. The molecule has 0 bridgehead atoms. The van der Waals surface area contributed by atoms with E-state index in [1.165, 1.54) is 0 Å². The Labute approximate surface area is 143 Å². The number of ether oxygens (including phenoxy) is 2. The van der Waals surface area contributed by atoms with Crippen LogP contribution in [0.3, 0.4) is 0 Å². The molecular weight excluding hydrogens is 368 g/mol. The number of benzene rings is 2. The molecule has 5 heteroatoms. The molecule has 116 valence electrons. The zero-order valence-corrected chi connectivity index (χ0v) is 14.5. The minimum atomic E-state index is -0.428. The molecule has 0 atom stereocenters. The highest BCUT2D eigenvalue weighted by Crippen LogP contribution is 2.27. The first-order valence-corrected chi connectivity index (χ1v) is 8.17. The molecular formula is C17H16BrClO3. The maximum atomic E-state index is 12.1. The van der Waals surface area contributed by atoms with E-state index < -0.39 is 5.97 Å². The van der Waals surface area contributed by atoms with Crippen molar-refractivity contribution in [3.8, 4) is 11.5 Å². The lowest BCUT2D eigenvalue weighted by Gasteiger charge is -2.09. The monoisotopic (exact) mass is 382 g/mol. The van der Waals surface area contributed by atoms with Crippen molar-refractivity contribution in [1.29, 1.82) is 0 Å². The lowest BCUT2D eigenvalue weighted by Crippen LogP contribution is -2.08. The zero-order valence-electron chi connectivity index (χ0n) is 12.1. The Morgan fingerprint density at radius 1 is 1.18 bits per heavy atom. The highest BCUT2D eigenvalue weighted by molar-refractivity contribution is 9.10. The fourth-order valence-corrected chi connectivity index (χ4v) is 2.36. The van der Waals surface area contributed by atoms with E-state index in [0.29, 0.717) is 22.9 Å². The second-order valence-electron chi connectivity index (χ2n) is 4.69. The number of hydrogen-bond acceptors (Lipinski definition) is 3. The zero-order chi connectivity index (χ0) is 15.9. The fourth-order valence-electron chi connectivity index (χ4n) is 1.74. The molecule has 0 radical (unpaired) electrons. The van der Waals surface area contributed by atoms with Crippen LogP contribution >= 0.6 is 27.5 Å². The Kier molecular flexibility index (Phi) is 6.28. The minimum absolute atomic E-state index is 0.428. The van der Waals surface area contributed by atoms with Crippen LogP contribution in [0, 0.1) is 0 Å². The van der Waals surface area contributed by atoms with Crippen molar-refractivity contribution in [2.45, 2.75) is 19.8 Å². The van der Waals surface area contributed by atoms with Gasteiger partial charge in [-0.3, -0.25) is 0 Å². The first kappa shape index (κ1) is 16.8. The van der Waals surface area contributed by atoms with Crippen molar-refractivity contribution in [3.63, 3.8) is 0 Å². The van der Waals surface area contributed by atoms with Crippen molar-refractivity contribution in [2.75, 3.05) is 6.61 Å². The average molecular weight is 384 g/mol. The third-order valence-electron chi connectivity index (χ3n) is 2.95. The van der Waals surface area contributed by atoms with Gasteiger partial charge in [0.05, 0.1) is 16.6 Å². The first-order chi connectivity index (χ1) is 10.6. The summed E-state index contributed by atoms with van der Waals surface area (Å²) in [6.07, 6.45) is 2.07. The van der Waals surface area contributed by atoms with Crippen LogP contribution in [0.25, 0.3) is 0 Å². The van der Waals surface area contributed by atoms with Crippen LogP contribution < -0.4 is 9.47 Å². The summed E-state index contributed by atoms with van der Waals surface area (Å²) in [4.78, 5) is 12.1. The van der Waals surface area contributed by atoms with Crippen LogP contribution in [0.4, 0.5) is 0 Å². The van der Waals surface area contributed by atoms with E-state index in [1.54, 1.807) is 42.5 Å². The van der Waals surface area contributed by atoms with Gasteiger partial charge in [0.1, 0.15) is 11.5 Å². The van der Waals surface area contributed by atoms with E-state index in [-0.39, 0.29) is 0 Å². The summed E-state index contributed by atoms with van der Waals surface area (Å²) in [5.74, 6) is 0.744. The van der Waals surface area contributed by atoms with Crippen LogP contribution in [0.5, 0.6) is 11.5 Å². The minimum Gasteiger partial charge on any atom is -0.492 e. The van der Waals surface area contributed by atoms with E-state index in [1.807, 2.05) is 0 Å². The van der Waals surface area contributed by atoms with Crippen molar-refractivity contribution < 1.29 is 14.3 Å². The normalized spacial score (nSPS) is 10.3. The number of carbonyl (C=O) groups excluding carboxylic acids is 1. The number of rotatable bonds is 6. The van der Waals surface area contributed by atoms with Gasteiger partial charge in [-0.25, -0.2) is 4.79 Å². The van der Waals surface area contributed by atoms with Crippen molar-refractivity contribution in [3.05, 3.63) is 57.5 Å². The summed E-state index contributed by atoms with van der Waals surface area (Å²) in [6.45, 7) is 2.76. The number of unbranched alkanes of at least 4 members (excludes halogenated alkanes) is 1. The van der Waals surface area contributed by atoms with Crippen LogP contribution in [-0.4, -0.2) is 12.6 Å². The Morgan fingerprint density at radius 3 is 2.55 bits per heavy atom. The molecule has 0 aromatic heterocycles. The summed E-state index contributed by atoms with van der Waals surface area (Å²) in [5, 5.41) is 0.594. The van der Waals surface area contributed by atoms with Crippen molar-refractivity contribution >= 4 is 33.5 Å². The molecule has 2 aromatic carbocycles. The molecule has 3 nitrogen and oxygen atoms in total. The average Bonchev–Trinajstić information content (AvgIpc) is 2.51. The SMILES string of the molecule is CCCCOc1ccc(C(=O)Oc2ccc(Cl)cc2)cc1Br. The number of esters is 1. The van der Waals surface area contributed by atoms with Gasteiger partial charge in [-0.05, 0) is 64.8 Å². The quantitative estimate of drug-likeness (QED) is 0.375. The van der Waals surface area contributed by atoms with E-state index >= 15 is 0 Å². The third-order valence-corrected chi connectivity index (χ3v) is 3.82. The molecule has 0 saturated carbocycles. The molecule has 0 aliphatic rings. The van der Waals surface area contributed by atoms with Crippen LogP contribution in [-0.2, 0) is 0 Å². The first-order valence-electron chi connectivity index (χ1n) is 7.00. The number of halogens is 2. The Morgan fingerprint density at radius 2 is 1.91 bits per heavy atom. The van der Waals surface area contributed by atoms with Crippen LogP contribution in [0.2, 0.25) is 5.02 Å². The summed E-state index contributed by atoms with van der Waals surface area (Å²) in [7, 11) is 0. The molecule has 0 saturated heterocycles. The largest absolute Gasteiger partial charge is 0.492 e.